The van der Waals surface area contributed by atoms with Crippen molar-refractivity contribution in [1.82, 2.24) is 10.6 Å². The fourth-order valence-corrected chi connectivity index (χ4v) is 3.45. The van der Waals surface area contributed by atoms with E-state index in [9.17, 15) is 9.59 Å². The molecule has 0 aliphatic carbocycles. The molecule has 0 aliphatic rings. The maximum absolute atomic E-state index is 12.3. The van der Waals surface area contributed by atoms with Gasteiger partial charge in [-0.05, 0) is 23.4 Å². The third-order valence-corrected chi connectivity index (χ3v) is 4.95. The highest BCUT2D eigenvalue weighted by Crippen LogP contribution is 2.22. The average Bonchev–Trinajstić information content (AvgIpc) is 3.10. The minimum atomic E-state index is -0.265. The van der Waals surface area contributed by atoms with Gasteiger partial charge >= 0.3 is 0 Å². The van der Waals surface area contributed by atoms with E-state index in [4.69, 9.17) is 0 Å². The van der Waals surface area contributed by atoms with E-state index < -0.39 is 0 Å². The summed E-state index contributed by atoms with van der Waals surface area (Å²) >= 11 is 1.55. The van der Waals surface area contributed by atoms with Crippen LogP contribution in [0.2, 0.25) is 0 Å². The lowest BCUT2D eigenvalue weighted by molar-refractivity contribution is -0.122. The van der Waals surface area contributed by atoms with Crippen LogP contribution in [0, 0.1) is 0 Å². The molecule has 2 amide bonds. The van der Waals surface area contributed by atoms with Crippen molar-refractivity contribution in [2.24, 2.45) is 0 Å². The van der Waals surface area contributed by atoms with Crippen molar-refractivity contribution in [2.75, 3.05) is 6.54 Å². The van der Waals surface area contributed by atoms with E-state index in [1.165, 1.54) is 12.5 Å². The van der Waals surface area contributed by atoms with Crippen molar-refractivity contribution >= 4 is 23.2 Å². The zero-order valence-electron chi connectivity index (χ0n) is 14.1. The predicted molar refractivity (Wildman–Crippen MR) is 98.0 cm³/mol. The summed E-state index contributed by atoms with van der Waals surface area (Å²) in [6.07, 6.45) is 1.22. The van der Waals surface area contributed by atoms with Crippen LogP contribution in [0.3, 0.4) is 0 Å². The van der Waals surface area contributed by atoms with Gasteiger partial charge in [-0.2, -0.15) is 0 Å². The van der Waals surface area contributed by atoms with Crippen LogP contribution in [0.15, 0.2) is 47.8 Å². The summed E-state index contributed by atoms with van der Waals surface area (Å²) in [4.78, 5) is 24.7. The number of amides is 2. The van der Waals surface area contributed by atoms with E-state index >= 15 is 0 Å². The quantitative estimate of drug-likeness (QED) is 0.768. The normalized spacial score (nSPS) is 13.1. The molecule has 0 fully saturated rings. The van der Waals surface area contributed by atoms with Gasteiger partial charge < -0.3 is 10.6 Å². The second-order valence-electron chi connectivity index (χ2n) is 5.79. The van der Waals surface area contributed by atoms with Gasteiger partial charge in [-0.1, -0.05) is 43.3 Å². The standard InChI is InChI=1S/C19H24N2O2S/c1-3-15(16-8-5-4-6-9-16)13-20-19(23)12-17(21-14(2)22)18-10-7-11-24-18/h4-11,15,17H,3,12-13H2,1-2H3,(H,20,23)(H,21,22)/t15-,17-/m1/s1. The van der Waals surface area contributed by atoms with Crippen molar-refractivity contribution in [3.05, 3.63) is 58.3 Å². The average molecular weight is 344 g/mol. The number of hydrogen-bond acceptors (Lipinski definition) is 3. The SMILES string of the molecule is CC[C@H](CNC(=O)C[C@@H](NC(C)=O)c1cccs1)c1ccccc1. The van der Waals surface area contributed by atoms with Crippen LogP contribution in [-0.4, -0.2) is 18.4 Å². The summed E-state index contributed by atoms with van der Waals surface area (Å²) in [7, 11) is 0. The maximum atomic E-state index is 12.3. The summed E-state index contributed by atoms with van der Waals surface area (Å²) < 4.78 is 0. The van der Waals surface area contributed by atoms with Gasteiger partial charge in [-0.25, -0.2) is 0 Å². The Morgan fingerprint density at radius 3 is 2.46 bits per heavy atom. The number of carbonyl (C=O) groups excluding carboxylic acids is 2. The van der Waals surface area contributed by atoms with Crippen LogP contribution in [-0.2, 0) is 9.59 Å². The van der Waals surface area contributed by atoms with Gasteiger partial charge in [-0.15, -0.1) is 11.3 Å². The lowest BCUT2D eigenvalue weighted by atomic mass is 9.96. The molecule has 0 radical (unpaired) electrons. The number of nitrogens with one attached hydrogen (secondary N) is 2. The first-order valence-corrected chi connectivity index (χ1v) is 9.10. The van der Waals surface area contributed by atoms with Gasteiger partial charge in [0.05, 0.1) is 12.5 Å². The summed E-state index contributed by atoms with van der Waals surface area (Å²) in [5.41, 5.74) is 1.23. The molecule has 24 heavy (non-hydrogen) atoms. The molecular formula is C19H24N2O2S. The Bertz CT molecular complexity index is 641. The Hall–Kier alpha value is -2.14. The molecule has 128 valence electrons. The van der Waals surface area contributed by atoms with Crippen molar-refractivity contribution in [2.45, 2.75) is 38.6 Å². The highest BCUT2D eigenvalue weighted by atomic mass is 32.1. The highest BCUT2D eigenvalue weighted by molar-refractivity contribution is 7.10. The van der Waals surface area contributed by atoms with Gasteiger partial charge in [0.15, 0.2) is 0 Å². The van der Waals surface area contributed by atoms with Crippen molar-refractivity contribution in [1.29, 1.82) is 0 Å². The number of benzene rings is 1. The zero-order chi connectivity index (χ0) is 17.4. The molecule has 0 aliphatic heterocycles. The molecule has 1 aromatic carbocycles. The molecule has 1 heterocycles. The fraction of sp³-hybridized carbons (Fsp3) is 0.368. The molecule has 2 N–H and O–H groups in total. The second kappa shape index (κ2) is 9.23. The highest BCUT2D eigenvalue weighted by Gasteiger charge is 2.19. The van der Waals surface area contributed by atoms with Gasteiger partial charge in [0.25, 0.3) is 0 Å². The largest absolute Gasteiger partial charge is 0.355 e. The lowest BCUT2D eigenvalue weighted by Crippen LogP contribution is -2.34. The topological polar surface area (TPSA) is 58.2 Å². The molecule has 0 saturated carbocycles. The van der Waals surface area contributed by atoms with E-state index in [0.29, 0.717) is 12.5 Å². The molecule has 4 nitrogen and oxygen atoms in total. The minimum Gasteiger partial charge on any atom is -0.355 e. The van der Waals surface area contributed by atoms with Gasteiger partial charge in [0.2, 0.25) is 11.8 Å². The molecule has 0 spiro atoms. The molecule has 0 saturated heterocycles. The third kappa shape index (κ3) is 5.49. The molecule has 1 aromatic heterocycles. The molecule has 2 aromatic rings. The Morgan fingerprint density at radius 1 is 1.12 bits per heavy atom. The van der Waals surface area contributed by atoms with Gasteiger partial charge in [-0.3, -0.25) is 9.59 Å². The first-order chi connectivity index (χ1) is 11.6. The molecule has 2 rings (SSSR count). The van der Waals surface area contributed by atoms with Crippen LogP contribution in [0.4, 0.5) is 0 Å². The third-order valence-electron chi connectivity index (χ3n) is 3.96. The molecule has 0 unspecified atom stereocenters. The number of hydrogen-bond donors (Lipinski definition) is 2. The predicted octanol–water partition coefficient (Wildman–Crippen LogP) is 3.63. The van der Waals surface area contributed by atoms with E-state index in [0.717, 1.165) is 11.3 Å². The van der Waals surface area contributed by atoms with E-state index in [1.54, 1.807) is 11.3 Å². The minimum absolute atomic E-state index is 0.0449. The Labute approximate surface area is 147 Å². The lowest BCUT2D eigenvalue weighted by Gasteiger charge is -2.19. The summed E-state index contributed by atoms with van der Waals surface area (Å²) in [6, 6.07) is 13.8. The van der Waals surface area contributed by atoms with Crippen LogP contribution in [0.1, 0.15) is 49.1 Å². The molecule has 2 atom stereocenters. The molecule has 0 bridgehead atoms. The van der Waals surface area contributed by atoms with Crippen molar-refractivity contribution in [3.8, 4) is 0 Å². The number of carbonyl (C=O) groups is 2. The fourth-order valence-electron chi connectivity index (χ4n) is 2.68. The van der Waals surface area contributed by atoms with Crippen LogP contribution in [0.5, 0.6) is 0 Å². The number of thiophene rings is 1. The van der Waals surface area contributed by atoms with E-state index in [-0.39, 0.29) is 24.3 Å². The van der Waals surface area contributed by atoms with Gasteiger partial charge in [0, 0.05) is 24.3 Å². The van der Waals surface area contributed by atoms with Crippen LogP contribution in [0.25, 0.3) is 0 Å². The van der Waals surface area contributed by atoms with Crippen LogP contribution < -0.4 is 10.6 Å². The zero-order valence-corrected chi connectivity index (χ0v) is 14.9. The van der Waals surface area contributed by atoms with Gasteiger partial charge in [0.1, 0.15) is 0 Å². The summed E-state index contributed by atoms with van der Waals surface area (Å²) in [5.74, 6) is 0.129. The smallest absolute Gasteiger partial charge is 0.222 e. The number of rotatable bonds is 8. The molecular weight excluding hydrogens is 320 g/mol. The summed E-state index contributed by atoms with van der Waals surface area (Å²) in [5, 5.41) is 7.82. The molecule has 5 heteroatoms. The van der Waals surface area contributed by atoms with E-state index in [1.807, 2.05) is 35.7 Å². The monoisotopic (exact) mass is 344 g/mol. The second-order valence-corrected chi connectivity index (χ2v) is 6.77. The first kappa shape index (κ1) is 18.2. The Kier molecular flexibility index (Phi) is 7.00. The first-order valence-electron chi connectivity index (χ1n) is 8.22. The maximum Gasteiger partial charge on any atom is 0.222 e. The van der Waals surface area contributed by atoms with E-state index in [2.05, 4.69) is 29.7 Å². The van der Waals surface area contributed by atoms with Crippen molar-refractivity contribution in [3.63, 3.8) is 0 Å². The summed E-state index contributed by atoms with van der Waals surface area (Å²) in [6.45, 7) is 4.20. The Morgan fingerprint density at radius 2 is 1.88 bits per heavy atom. The Balaban J connectivity index is 1.92. The van der Waals surface area contributed by atoms with Crippen molar-refractivity contribution < 1.29 is 9.59 Å². The van der Waals surface area contributed by atoms with Crippen LogP contribution >= 0.6 is 11.3 Å².